The molecule has 0 saturated heterocycles. The minimum absolute atomic E-state index is 0.0616. The molecule has 2 N–H and O–H groups in total. The molecule has 0 atom stereocenters. The van der Waals surface area contributed by atoms with Crippen molar-refractivity contribution in [3.63, 3.8) is 0 Å². The summed E-state index contributed by atoms with van der Waals surface area (Å²) in [5.74, 6) is 0.955. The Morgan fingerprint density at radius 1 is 1.03 bits per heavy atom. The summed E-state index contributed by atoms with van der Waals surface area (Å²) in [6.45, 7) is 3.92. The van der Waals surface area contributed by atoms with Crippen molar-refractivity contribution in [2.24, 2.45) is 0 Å². The highest BCUT2D eigenvalue weighted by molar-refractivity contribution is 7.71. The molecule has 2 aromatic carbocycles. The highest BCUT2D eigenvalue weighted by Gasteiger charge is 2.05. The van der Waals surface area contributed by atoms with E-state index in [2.05, 4.69) is 10.3 Å². The van der Waals surface area contributed by atoms with Gasteiger partial charge in [-0.05, 0) is 69.1 Å². The first kappa shape index (κ1) is 23.7. The van der Waals surface area contributed by atoms with Gasteiger partial charge in [-0.2, -0.15) is 0 Å². The summed E-state index contributed by atoms with van der Waals surface area (Å²) in [6, 6.07) is 15.4. The van der Waals surface area contributed by atoms with Crippen LogP contribution in [0.3, 0.4) is 0 Å². The van der Waals surface area contributed by atoms with Crippen LogP contribution in [0.25, 0.3) is 10.9 Å². The third-order valence-electron chi connectivity index (χ3n) is 5.36. The van der Waals surface area contributed by atoms with Gasteiger partial charge in [0.2, 0.25) is 5.91 Å². The number of fused-ring (bicyclic) bond motifs is 1. The highest BCUT2D eigenvalue weighted by atomic mass is 32.1. The molecule has 0 bridgehead atoms. The van der Waals surface area contributed by atoms with Crippen molar-refractivity contribution in [1.82, 2.24) is 14.9 Å². The van der Waals surface area contributed by atoms with E-state index in [0.29, 0.717) is 36.3 Å². The number of hydrogen-bond acceptors (Lipinski definition) is 4. The molecule has 0 aliphatic carbocycles. The molecule has 170 valence electrons. The second kappa shape index (κ2) is 12.2. The van der Waals surface area contributed by atoms with Gasteiger partial charge >= 0.3 is 0 Å². The number of aryl methyl sites for hydroxylation is 1. The van der Waals surface area contributed by atoms with Gasteiger partial charge in [-0.1, -0.05) is 36.2 Å². The number of H-pyrrole nitrogens is 1. The molecule has 3 aromatic rings. The predicted molar refractivity (Wildman–Crippen MR) is 131 cm³/mol. The van der Waals surface area contributed by atoms with Crippen molar-refractivity contribution in [3.05, 3.63) is 69.2 Å². The van der Waals surface area contributed by atoms with Crippen molar-refractivity contribution in [2.75, 3.05) is 13.2 Å². The average Bonchev–Trinajstić information content (AvgIpc) is 2.79. The molecule has 0 aliphatic heterocycles. The van der Waals surface area contributed by atoms with Gasteiger partial charge < -0.3 is 15.0 Å². The van der Waals surface area contributed by atoms with Crippen LogP contribution in [0, 0.1) is 11.7 Å². The SMILES string of the molecule is Cc1ccc(OCCCCNC(=O)CCCCCn2c(=S)[nH]c3ccccc3c2=O)cc1. The fourth-order valence-corrected chi connectivity index (χ4v) is 3.79. The van der Waals surface area contributed by atoms with E-state index >= 15 is 0 Å². The first-order valence-corrected chi connectivity index (χ1v) is 11.6. The second-order valence-electron chi connectivity index (χ2n) is 7.96. The third kappa shape index (κ3) is 7.05. The maximum atomic E-state index is 12.6. The Hall–Kier alpha value is -2.93. The van der Waals surface area contributed by atoms with E-state index in [1.165, 1.54) is 5.56 Å². The number of carbonyl (C=O) groups is 1. The lowest BCUT2D eigenvalue weighted by Crippen LogP contribution is -2.24. The number of para-hydroxylation sites is 1. The van der Waals surface area contributed by atoms with Crippen molar-refractivity contribution < 1.29 is 9.53 Å². The monoisotopic (exact) mass is 453 g/mol. The summed E-state index contributed by atoms with van der Waals surface area (Å²) in [6.07, 6.45) is 4.75. The Kier molecular flexibility index (Phi) is 9.04. The predicted octanol–water partition coefficient (Wildman–Crippen LogP) is 4.90. The van der Waals surface area contributed by atoms with Gasteiger partial charge in [0.1, 0.15) is 5.75 Å². The van der Waals surface area contributed by atoms with Crippen LogP contribution < -0.4 is 15.6 Å². The molecule has 0 unspecified atom stereocenters. The second-order valence-corrected chi connectivity index (χ2v) is 8.35. The summed E-state index contributed by atoms with van der Waals surface area (Å²) in [5.41, 5.74) is 1.91. The van der Waals surface area contributed by atoms with E-state index in [9.17, 15) is 9.59 Å². The van der Waals surface area contributed by atoms with Crippen LogP contribution in [0.5, 0.6) is 5.75 Å². The van der Waals surface area contributed by atoms with Crippen LogP contribution in [0.1, 0.15) is 44.1 Å². The minimum atomic E-state index is -0.0616. The number of nitrogens with zero attached hydrogens (tertiary/aromatic N) is 1. The highest BCUT2D eigenvalue weighted by Crippen LogP contribution is 2.12. The molecule has 1 amide bonds. The van der Waals surface area contributed by atoms with Gasteiger partial charge in [-0.15, -0.1) is 0 Å². The van der Waals surface area contributed by atoms with E-state index in [1.54, 1.807) is 10.6 Å². The molecular weight excluding hydrogens is 422 g/mol. The topological polar surface area (TPSA) is 76.1 Å². The van der Waals surface area contributed by atoms with Gasteiger partial charge in [0.25, 0.3) is 5.56 Å². The standard InChI is InChI=1S/C25H31N3O3S/c1-19-12-14-20(15-13-19)31-18-8-6-16-26-23(29)11-3-2-7-17-28-24(30)21-9-4-5-10-22(21)27-25(28)32/h4-5,9-10,12-15H,2-3,6-8,11,16-18H2,1H3,(H,26,29)(H,27,32). The number of benzene rings is 2. The number of aromatic amines is 1. The van der Waals surface area contributed by atoms with E-state index < -0.39 is 0 Å². The first-order valence-electron chi connectivity index (χ1n) is 11.2. The molecule has 0 aliphatic rings. The molecule has 1 aromatic heterocycles. The number of aromatic nitrogens is 2. The molecule has 32 heavy (non-hydrogen) atoms. The molecule has 0 saturated carbocycles. The smallest absolute Gasteiger partial charge is 0.262 e. The lowest BCUT2D eigenvalue weighted by atomic mass is 10.2. The average molecular weight is 454 g/mol. The Morgan fingerprint density at radius 2 is 1.81 bits per heavy atom. The van der Waals surface area contributed by atoms with E-state index in [0.717, 1.165) is 43.4 Å². The fraction of sp³-hybridized carbons (Fsp3) is 0.400. The number of carbonyl (C=O) groups excluding carboxylic acids is 1. The van der Waals surface area contributed by atoms with Crippen LogP contribution >= 0.6 is 12.2 Å². The minimum Gasteiger partial charge on any atom is -0.494 e. The molecule has 0 fully saturated rings. The zero-order valence-electron chi connectivity index (χ0n) is 18.6. The molecular formula is C25H31N3O3S. The van der Waals surface area contributed by atoms with Crippen LogP contribution in [0.15, 0.2) is 53.3 Å². The van der Waals surface area contributed by atoms with E-state index in [-0.39, 0.29) is 11.5 Å². The molecule has 0 spiro atoms. The van der Waals surface area contributed by atoms with Gasteiger partial charge in [0, 0.05) is 19.5 Å². The van der Waals surface area contributed by atoms with Crippen LogP contribution in [-0.2, 0) is 11.3 Å². The Balaban J connectivity index is 1.26. The number of rotatable bonds is 12. The Bertz CT molecular complexity index is 1140. The third-order valence-corrected chi connectivity index (χ3v) is 5.68. The van der Waals surface area contributed by atoms with Crippen LogP contribution in [0.2, 0.25) is 0 Å². The number of nitrogens with one attached hydrogen (secondary N) is 2. The summed E-state index contributed by atoms with van der Waals surface area (Å²) in [5, 5.41) is 3.61. The van der Waals surface area contributed by atoms with Crippen LogP contribution in [-0.4, -0.2) is 28.6 Å². The zero-order chi connectivity index (χ0) is 22.8. The number of amides is 1. The van der Waals surface area contributed by atoms with Crippen molar-refractivity contribution >= 4 is 29.0 Å². The Morgan fingerprint density at radius 3 is 2.62 bits per heavy atom. The van der Waals surface area contributed by atoms with Gasteiger partial charge in [-0.3, -0.25) is 14.2 Å². The molecule has 6 nitrogen and oxygen atoms in total. The van der Waals surface area contributed by atoms with Gasteiger partial charge in [0.15, 0.2) is 4.77 Å². The van der Waals surface area contributed by atoms with Gasteiger partial charge in [0.05, 0.1) is 17.5 Å². The van der Waals surface area contributed by atoms with Crippen molar-refractivity contribution in [1.29, 1.82) is 0 Å². The summed E-state index contributed by atoms with van der Waals surface area (Å²) >= 11 is 5.33. The summed E-state index contributed by atoms with van der Waals surface area (Å²) in [4.78, 5) is 27.7. The Labute approximate surface area is 193 Å². The van der Waals surface area contributed by atoms with Crippen molar-refractivity contribution in [3.8, 4) is 5.75 Å². The molecule has 7 heteroatoms. The molecule has 1 heterocycles. The largest absolute Gasteiger partial charge is 0.494 e. The first-order chi connectivity index (χ1) is 15.5. The maximum Gasteiger partial charge on any atom is 0.262 e. The lowest BCUT2D eigenvalue weighted by Gasteiger charge is -2.09. The van der Waals surface area contributed by atoms with E-state index in [4.69, 9.17) is 17.0 Å². The summed E-state index contributed by atoms with van der Waals surface area (Å²) < 4.78 is 7.74. The summed E-state index contributed by atoms with van der Waals surface area (Å²) in [7, 11) is 0. The number of unbranched alkanes of at least 4 members (excludes halogenated alkanes) is 3. The fourth-order valence-electron chi connectivity index (χ4n) is 3.50. The van der Waals surface area contributed by atoms with Crippen LogP contribution in [0.4, 0.5) is 0 Å². The lowest BCUT2D eigenvalue weighted by molar-refractivity contribution is -0.121. The number of hydrogen-bond donors (Lipinski definition) is 2. The number of ether oxygens (including phenoxy) is 1. The normalized spacial score (nSPS) is 10.9. The molecule has 0 radical (unpaired) electrons. The maximum absolute atomic E-state index is 12.6. The zero-order valence-corrected chi connectivity index (χ0v) is 19.4. The van der Waals surface area contributed by atoms with Gasteiger partial charge in [-0.25, -0.2) is 0 Å². The molecule has 3 rings (SSSR count). The van der Waals surface area contributed by atoms with Crippen molar-refractivity contribution in [2.45, 2.75) is 52.0 Å². The van der Waals surface area contributed by atoms with E-state index in [1.807, 2.05) is 49.4 Å². The quantitative estimate of drug-likeness (QED) is 0.302.